The van der Waals surface area contributed by atoms with E-state index in [-0.39, 0.29) is 5.75 Å². The molecule has 0 aliphatic rings. The van der Waals surface area contributed by atoms with Crippen LogP contribution in [0.15, 0.2) is 24.3 Å². The molecular weight excluding hydrogens is 332 g/mol. The fraction of sp³-hybridized carbons (Fsp3) is 0.667. The van der Waals surface area contributed by atoms with Gasteiger partial charge < -0.3 is 19.3 Å². The smallest absolute Gasteiger partial charge is 0.342 e. The van der Waals surface area contributed by atoms with Crippen LogP contribution in [0, 0.1) is 0 Å². The number of phenols is 1. The number of aromatic hydroxyl groups is 1. The molecule has 1 atom stereocenters. The molecule has 0 spiro atoms. The summed E-state index contributed by atoms with van der Waals surface area (Å²) in [5.41, 5.74) is 0.351. The number of ether oxygens (including phenoxy) is 3. The normalized spacial score (nSPS) is 13.3. The van der Waals surface area contributed by atoms with Crippen LogP contribution in [0.2, 0.25) is 0 Å². The number of unbranched alkanes of at least 4 members (excludes halogenated alkanes) is 5. The van der Waals surface area contributed by atoms with Crippen LogP contribution in [-0.2, 0) is 14.2 Å². The summed E-state index contributed by atoms with van der Waals surface area (Å²) >= 11 is 0. The molecule has 0 amide bonds. The number of phenolic OH excluding ortho intramolecular Hbond substituents is 1. The molecule has 1 N–H and O–H groups in total. The van der Waals surface area contributed by atoms with E-state index in [1.165, 1.54) is 49.9 Å². The van der Waals surface area contributed by atoms with Crippen molar-refractivity contribution >= 4 is 5.97 Å². The van der Waals surface area contributed by atoms with Crippen molar-refractivity contribution in [3.63, 3.8) is 0 Å². The summed E-state index contributed by atoms with van der Waals surface area (Å²) in [5, 5.41) is 9.35. The minimum Gasteiger partial charge on any atom is -0.508 e. The van der Waals surface area contributed by atoms with Crippen LogP contribution in [0.1, 0.15) is 82.5 Å². The Bertz CT molecular complexity index is 500. The van der Waals surface area contributed by atoms with Crippen molar-refractivity contribution in [2.24, 2.45) is 0 Å². The van der Waals surface area contributed by atoms with Gasteiger partial charge in [0.25, 0.3) is 0 Å². The summed E-state index contributed by atoms with van der Waals surface area (Å²) in [6.45, 7) is 7.02. The summed E-state index contributed by atoms with van der Waals surface area (Å²) in [7, 11) is 0. The van der Waals surface area contributed by atoms with E-state index in [1.54, 1.807) is 0 Å². The van der Waals surface area contributed by atoms with Gasteiger partial charge in [-0.25, -0.2) is 4.79 Å². The van der Waals surface area contributed by atoms with Crippen molar-refractivity contribution in [3.05, 3.63) is 29.8 Å². The van der Waals surface area contributed by atoms with Crippen molar-refractivity contribution in [2.75, 3.05) is 13.2 Å². The number of carbonyl (C=O) groups is 1. The Morgan fingerprint density at radius 2 is 1.50 bits per heavy atom. The molecule has 1 aromatic rings. The van der Waals surface area contributed by atoms with E-state index in [0.29, 0.717) is 25.2 Å². The Morgan fingerprint density at radius 3 is 2.12 bits per heavy atom. The molecule has 5 heteroatoms. The van der Waals surface area contributed by atoms with Gasteiger partial charge in [0.1, 0.15) is 5.75 Å². The van der Waals surface area contributed by atoms with E-state index in [0.717, 1.165) is 19.3 Å². The number of rotatable bonds is 14. The number of esters is 1. The second-order valence-corrected chi connectivity index (χ2v) is 6.44. The van der Waals surface area contributed by atoms with Gasteiger partial charge in [-0.3, -0.25) is 0 Å². The number of carbonyl (C=O) groups excluding carboxylic acids is 1. The lowest BCUT2D eigenvalue weighted by molar-refractivity contribution is -0.357. The Morgan fingerprint density at radius 1 is 0.885 bits per heavy atom. The molecule has 1 aromatic carbocycles. The van der Waals surface area contributed by atoms with E-state index >= 15 is 0 Å². The zero-order valence-electron chi connectivity index (χ0n) is 16.5. The van der Waals surface area contributed by atoms with Crippen LogP contribution < -0.4 is 0 Å². The van der Waals surface area contributed by atoms with Gasteiger partial charge in [-0.2, -0.15) is 0 Å². The molecule has 5 nitrogen and oxygen atoms in total. The monoisotopic (exact) mass is 366 g/mol. The lowest BCUT2D eigenvalue weighted by Crippen LogP contribution is -2.41. The second-order valence-electron chi connectivity index (χ2n) is 6.44. The predicted molar refractivity (Wildman–Crippen MR) is 102 cm³/mol. The number of hydrogen-bond acceptors (Lipinski definition) is 5. The van der Waals surface area contributed by atoms with Crippen molar-refractivity contribution in [2.45, 2.75) is 78.1 Å². The second kappa shape index (κ2) is 12.7. The molecule has 0 heterocycles. The Kier molecular flexibility index (Phi) is 11.0. The predicted octanol–water partition coefficient (Wildman–Crippen LogP) is 5.42. The molecule has 0 saturated carbocycles. The molecule has 0 aromatic heterocycles. The largest absolute Gasteiger partial charge is 0.508 e. The molecule has 0 fully saturated rings. The Hall–Kier alpha value is -1.59. The lowest BCUT2D eigenvalue weighted by atomic mass is 10.1. The number of benzene rings is 1. The highest BCUT2D eigenvalue weighted by Crippen LogP contribution is 2.24. The fourth-order valence-corrected chi connectivity index (χ4v) is 2.54. The van der Waals surface area contributed by atoms with Crippen LogP contribution in [0.3, 0.4) is 0 Å². The van der Waals surface area contributed by atoms with Crippen LogP contribution in [0.4, 0.5) is 0 Å². The average Bonchev–Trinajstić information content (AvgIpc) is 2.65. The highest BCUT2D eigenvalue weighted by Gasteiger charge is 2.35. The molecule has 0 aliphatic heterocycles. The Balaban J connectivity index is 2.60. The fourth-order valence-electron chi connectivity index (χ4n) is 2.54. The highest BCUT2D eigenvalue weighted by molar-refractivity contribution is 5.89. The standard InChI is InChI=1S/C21H34O5/c1-4-7-8-9-10-11-17-25-21(6-3,24-16-5-2)26-20(23)18-12-14-19(22)15-13-18/h12-15,22H,4-11,16-17H2,1-3H3. The summed E-state index contributed by atoms with van der Waals surface area (Å²) in [6.07, 6.45) is 8.16. The van der Waals surface area contributed by atoms with Crippen LogP contribution >= 0.6 is 0 Å². The maximum absolute atomic E-state index is 12.4. The van der Waals surface area contributed by atoms with E-state index in [1.807, 2.05) is 13.8 Å². The summed E-state index contributed by atoms with van der Waals surface area (Å²) < 4.78 is 17.3. The Labute approximate surface area is 157 Å². The first-order chi connectivity index (χ1) is 12.6. The molecule has 0 saturated heterocycles. The molecule has 1 unspecified atom stereocenters. The first-order valence-corrected chi connectivity index (χ1v) is 9.87. The SMILES string of the molecule is CCCCCCCCOC(CC)(OCCC)OC(=O)c1ccc(O)cc1. The number of hydrogen-bond donors (Lipinski definition) is 1. The topological polar surface area (TPSA) is 65.0 Å². The van der Waals surface area contributed by atoms with Gasteiger partial charge in [-0.15, -0.1) is 0 Å². The summed E-state index contributed by atoms with van der Waals surface area (Å²) in [4.78, 5) is 12.4. The third kappa shape index (κ3) is 8.19. The van der Waals surface area contributed by atoms with Gasteiger partial charge in [0, 0.05) is 6.42 Å². The van der Waals surface area contributed by atoms with Crippen molar-refractivity contribution in [1.29, 1.82) is 0 Å². The minimum atomic E-state index is -1.35. The average molecular weight is 366 g/mol. The quantitative estimate of drug-likeness (QED) is 0.271. The molecular formula is C21H34O5. The van der Waals surface area contributed by atoms with Gasteiger partial charge in [0.05, 0.1) is 18.8 Å². The van der Waals surface area contributed by atoms with Gasteiger partial charge in [0.2, 0.25) is 0 Å². The maximum atomic E-state index is 12.4. The molecule has 0 radical (unpaired) electrons. The van der Waals surface area contributed by atoms with Gasteiger partial charge >= 0.3 is 11.9 Å². The van der Waals surface area contributed by atoms with Gasteiger partial charge in [0.15, 0.2) is 0 Å². The minimum absolute atomic E-state index is 0.102. The van der Waals surface area contributed by atoms with E-state index in [4.69, 9.17) is 14.2 Å². The van der Waals surface area contributed by atoms with Gasteiger partial charge in [-0.05, 0) is 37.1 Å². The molecule has 0 aliphatic carbocycles. The van der Waals surface area contributed by atoms with Crippen LogP contribution in [0.5, 0.6) is 5.75 Å². The van der Waals surface area contributed by atoms with Crippen molar-refractivity contribution in [1.82, 2.24) is 0 Å². The van der Waals surface area contributed by atoms with E-state index < -0.39 is 11.9 Å². The first-order valence-electron chi connectivity index (χ1n) is 9.87. The van der Waals surface area contributed by atoms with Gasteiger partial charge in [-0.1, -0.05) is 52.9 Å². The highest BCUT2D eigenvalue weighted by atomic mass is 16.9. The third-order valence-electron chi connectivity index (χ3n) is 4.13. The molecule has 148 valence electrons. The van der Waals surface area contributed by atoms with Crippen LogP contribution in [0.25, 0.3) is 0 Å². The summed E-state index contributed by atoms with van der Waals surface area (Å²) in [6, 6.07) is 5.94. The first kappa shape index (κ1) is 22.5. The van der Waals surface area contributed by atoms with E-state index in [9.17, 15) is 9.90 Å². The molecule has 1 rings (SSSR count). The van der Waals surface area contributed by atoms with Crippen LogP contribution in [-0.4, -0.2) is 30.3 Å². The molecule has 0 bridgehead atoms. The maximum Gasteiger partial charge on any atom is 0.342 e. The zero-order valence-corrected chi connectivity index (χ0v) is 16.5. The van der Waals surface area contributed by atoms with E-state index in [2.05, 4.69) is 6.92 Å². The lowest BCUT2D eigenvalue weighted by Gasteiger charge is -2.31. The van der Waals surface area contributed by atoms with Crippen molar-refractivity contribution in [3.8, 4) is 5.75 Å². The summed E-state index contributed by atoms with van der Waals surface area (Å²) in [5.74, 6) is -1.77. The van der Waals surface area contributed by atoms with Crippen molar-refractivity contribution < 1.29 is 24.1 Å². The zero-order chi connectivity index (χ0) is 19.3. The molecule has 26 heavy (non-hydrogen) atoms. The third-order valence-corrected chi connectivity index (χ3v) is 4.13.